The van der Waals surface area contributed by atoms with E-state index in [-0.39, 0.29) is 11.9 Å². The maximum Gasteiger partial charge on any atom is 0.239 e. The Morgan fingerprint density at radius 1 is 1.32 bits per heavy atom. The van der Waals surface area contributed by atoms with Gasteiger partial charge in [-0.05, 0) is 29.6 Å². The van der Waals surface area contributed by atoms with Gasteiger partial charge in [0.05, 0.1) is 5.92 Å². The highest BCUT2D eigenvalue weighted by atomic mass is 32.1. The summed E-state index contributed by atoms with van der Waals surface area (Å²) < 4.78 is 0. The minimum absolute atomic E-state index is 0.0962. The number of nitrogens with two attached hydrogens (primary N) is 1. The number of nitrogens with zero attached hydrogens (tertiary/aromatic N) is 3. The lowest BCUT2D eigenvalue weighted by atomic mass is 9.78. The smallest absolute Gasteiger partial charge is 0.239 e. The van der Waals surface area contributed by atoms with E-state index < -0.39 is 11.5 Å². The van der Waals surface area contributed by atoms with E-state index in [1.165, 1.54) is 21.8 Å². The fraction of sp³-hybridized carbons (Fsp3) is 0.389. The molecule has 7 heteroatoms. The number of aliphatic imine (C=N–C) groups is 1. The zero-order valence-electron chi connectivity index (χ0n) is 14.9. The van der Waals surface area contributed by atoms with Gasteiger partial charge in [-0.3, -0.25) is 14.7 Å². The molecule has 1 aromatic carbocycles. The van der Waals surface area contributed by atoms with Crippen LogP contribution >= 0.6 is 11.3 Å². The largest absolute Gasteiger partial charge is 0.369 e. The molecule has 0 aliphatic carbocycles. The summed E-state index contributed by atoms with van der Waals surface area (Å²) in [6, 6.07) is 8.12. The molecule has 0 saturated heterocycles. The number of thiazole rings is 1. The van der Waals surface area contributed by atoms with Crippen molar-refractivity contribution in [2.45, 2.75) is 38.1 Å². The van der Waals surface area contributed by atoms with Gasteiger partial charge in [0, 0.05) is 12.4 Å². The zero-order valence-corrected chi connectivity index (χ0v) is 15.7. The van der Waals surface area contributed by atoms with Crippen molar-refractivity contribution in [1.29, 1.82) is 0 Å². The van der Waals surface area contributed by atoms with E-state index in [4.69, 9.17) is 13.6 Å². The average molecular weight is 352 g/mol. The second kappa shape index (κ2) is 6.30. The molecule has 0 spiro atoms. The molecule has 1 aromatic heterocycles. The van der Waals surface area contributed by atoms with E-state index in [0.717, 1.165) is 5.56 Å². The second-order valence-electron chi connectivity index (χ2n) is 6.85. The summed E-state index contributed by atoms with van der Waals surface area (Å²) in [6.45, 7) is 6.17. The molecule has 1 aliphatic rings. The van der Waals surface area contributed by atoms with Crippen molar-refractivity contribution >= 4 is 36.6 Å². The summed E-state index contributed by atoms with van der Waals surface area (Å²) in [6.07, 6.45) is 0. The van der Waals surface area contributed by atoms with Gasteiger partial charge >= 0.3 is 0 Å². The van der Waals surface area contributed by atoms with Gasteiger partial charge in [0.1, 0.15) is 18.4 Å². The van der Waals surface area contributed by atoms with Crippen molar-refractivity contribution < 1.29 is 4.79 Å². The van der Waals surface area contributed by atoms with Crippen molar-refractivity contribution in [2.24, 2.45) is 10.7 Å². The van der Waals surface area contributed by atoms with Crippen LogP contribution in [0, 0.1) is 0 Å². The molecule has 1 amide bonds. The van der Waals surface area contributed by atoms with Crippen LogP contribution in [0.1, 0.15) is 48.7 Å². The Morgan fingerprint density at radius 2 is 1.96 bits per heavy atom. The number of amides is 1. The standard InChI is InChI=1S/C18H21BN4OS/c1-10(2)11-5-7-12(8-6-11)14-15(24)23(4)17(20)22-18(14,3)16-21-13(19)9-25-16/h5-10,14H,1-4H3,(H2,20,22)/t14-,18-/m0/s1. The Labute approximate surface area is 153 Å². The predicted molar refractivity (Wildman–Crippen MR) is 103 cm³/mol. The third kappa shape index (κ3) is 2.97. The highest BCUT2D eigenvalue weighted by Crippen LogP contribution is 2.44. The number of carbonyl (C=O) groups excluding carboxylic acids is 1. The van der Waals surface area contributed by atoms with Crippen molar-refractivity contribution in [3.63, 3.8) is 0 Å². The van der Waals surface area contributed by atoms with Crippen LogP contribution < -0.4 is 11.3 Å². The van der Waals surface area contributed by atoms with E-state index in [1.807, 2.05) is 19.1 Å². The third-order valence-corrected chi connectivity index (χ3v) is 5.81. The maximum atomic E-state index is 13.1. The molecule has 2 heterocycles. The monoisotopic (exact) mass is 352 g/mol. The molecular weight excluding hydrogens is 331 g/mol. The molecule has 2 N–H and O–H groups in total. The van der Waals surface area contributed by atoms with Gasteiger partial charge in [0.15, 0.2) is 5.96 Å². The summed E-state index contributed by atoms with van der Waals surface area (Å²) in [5.74, 6) is 0.0199. The fourth-order valence-corrected chi connectivity index (χ4v) is 4.00. The van der Waals surface area contributed by atoms with Crippen molar-refractivity contribution in [3.05, 3.63) is 45.8 Å². The van der Waals surface area contributed by atoms with Crippen molar-refractivity contribution in [1.82, 2.24) is 9.88 Å². The molecule has 3 rings (SSSR count). The predicted octanol–water partition coefficient (Wildman–Crippen LogP) is 1.85. The van der Waals surface area contributed by atoms with Gasteiger partial charge in [0.2, 0.25) is 5.91 Å². The maximum absolute atomic E-state index is 13.1. The number of rotatable bonds is 3. The number of benzene rings is 1. The lowest BCUT2D eigenvalue weighted by Gasteiger charge is -2.39. The lowest BCUT2D eigenvalue weighted by Crippen LogP contribution is -2.52. The van der Waals surface area contributed by atoms with Crippen LogP contribution in [0.15, 0.2) is 34.6 Å². The Morgan fingerprint density at radius 3 is 2.48 bits per heavy atom. The van der Waals surface area contributed by atoms with Crippen LogP contribution in [0.25, 0.3) is 0 Å². The zero-order chi connectivity index (χ0) is 18.4. The number of carbonyl (C=O) groups is 1. The molecule has 128 valence electrons. The van der Waals surface area contributed by atoms with Crippen LogP contribution in [-0.2, 0) is 10.3 Å². The van der Waals surface area contributed by atoms with Gasteiger partial charge in [-0.25, -0.2) is 4.99 Å². The first-order valence-electron chi connectivity index (χ1n) is 8.18. The number of guanidine groups is 1. The highest BCUT2D eigenvalue weighted by molar-refractivity contribution is 7.10. The molecular formula is C18H21BN4OS. The van der Waals surface area contributed by atoms with E-state index in [9.17, 15) is 4.79 Å². The van der Waals surface area contributed by atoms with Crippen molar-refractivity contribution in [2.75, 3.05) is 7.05 Å². The first kappa shape index (κ1) is 17.7. The summed E-state index contributed by atoms with van der Waals surface area (Å²) in [7, 11) is 7.45. The molecule has 0 fully saturated rings. The topological polar surface area (TPSA) is 71.6 Å². The molecule has 2 aromatic rings. The second-order valence-corrected chi connectivity index (χ2v) is 7.70. The number of aromatic nitrogens is 1. The van der Waals surface area contributed by atoms with E-state index in [1.54, 1.807) is 12.4 Å². The Hall–Kier alpha value is -2.15. The first-order valence-corrected chi connectivity index (χ1v) is 9.06. The molecule has 5 nitrogen and oxygen atoms in total. The molecule has 0 unspecified atom stereocenters. The molecule has 2 radical (unpaired) electrons. The molecule has 1 aliphatic heterocycles. The molecule has 0 bridgehead atoms. The summed E-state index contributed by atoms with van der Waals surface area (Å²) in [5.41, 5.74) is 7.66. The summed E-state index contributed by atoms with van der Waals surface area (Å²) >= 11 is 1.40. The minimum Gasteiger partial charge on any atom is -0.369 e. The van der Waals surface area contributed by atoms with Gasteiger partial charge in [-0.2, -0.15) is 0 Å². The Balaban J connectivity index is 2.14. The van der Waals surface area contributed by atoms with Crippen LogP contribution in [-0.4, -0.2) is 36.6 Å². The fourth-order valence-electron chi connectivity index (χ4n) is 3.15. The van der Waals surface area contributed by atoms with E-state index >= 15 is 0 Å². The summed E-state index contributed by atoms with van der Waals surface area (Å²) in [4.78, 5) is 23.5. The van der Waals surface area contributed by atoms with Gasteiger partial charge in [0.25, 0.3) is 0 Å². The van der Waals surface area contributed by atoms with E-state index in [0.29, 0.717) is 16.5 Å². The SMILES string of the molecule is [B]c1csc([C@@]2(C)N=C(N)N(C)C(=O)[C@@H]2c2ccc(C(C)C)cc2)n1. The number of hydrogen-bond acceptors (Lipinski definition) is 5. The van der Waals surface area contributed by atoms with Gasteiger partial charge in [-0.1, -0.05) is 38.1 Å². The summed E-state index contributed by atoms with van der Waals surface area (Å²) in [5, 5.41) is 2.45. The van der Waals surface area contributed by atoms with Gasteiger partial charge in [-0.15, -0.1) is 11.3 Å². The third-order valence-electron chi connectivity index (χ3n) is 4.72. The Kier molecular flexibility index (Phi) is 4.45. The van der Waals surface area contributed by atoms with Crippen LogP contribution in [0.2, 0.25) is 0 Å². The van der Waals surface area contributed by atoms with Crippen LogP contribution in [0.5, 0.6) is 0 Å². The number of likely N-dealkylation sites (N-methyl/N-ethyl adjacent to an activating group) is 1. The first-order chi connectivity index (χ1) is 11.7. The van der Waals surface area contributed by atoms with Crippen LogP contribution in [0.3, 0.4) is 0 Å². The normalized spacial score (nSPS) is 23.9. The minimum atomic E-state index is -0.880. The quantitative estimate of drug-likeness (QED) is 0.857. The molecule has 0 saturated carbocycles. The average Bonchev–Trinajstić information content (AvgIpc) is 3.00. The molecule has 25 heavy (non-hydrogen) atoms. The molecule has 2 atom stereocenters. The Bertz CT molecular complexity index is 830. The van der Waals surface area contributed by atoms with Crippen molar-refractivity contribution in [3.8, 4) is 0 Å². The van der Waals surface area contributed by atoms with Gasteiger partial charge < -0.3 is 5.73 Å². The van der Waals surface area contributed by atoms with Crippen LogP contribution in [0.4, 0.5) is 0 Å². The number of hydrogen-bond donors (Lipinski definition) is 1. The lowest BCUT2D eigenvalue weighted by molar-refractivity contribution is -0.130. The highest BCUT2D eigenvalue weighted by Gasteiger charge is 2.48. The van der Waals surface area contributed by atoms with E-state index in [2.05, 4.69) is 36.0 Å².